The minimum absolute atomic E-state index is 0.332. The van der Waals surface area contributed by atoms with Crippen molar-refractivity contribution in [2.75, 3.05) is 0 Å². The summed E-state index contributed by atoms with van der Waals surface area (Å²) < 4.78 is 5.14. The van der Waals surface area contributed by atoms with E-state index >= 15 is 0 Å². The van der Waals surface area contributed by atoms with Gasteiger partial charge in [0.05, 0.1) is 0 Å². The van der Waals surface area contributed by atoms with Crippen molar-refractivity contribution in [3.63, 3.8) is 0 Å². The van der Waals surface area contributed by atoms with Gasteiger partial charge in [0.25, 0.3) is 6.47 Å². The van der Waals surface area contributed by atoms with Crippen LogP contribution in [0.5, 0.6) is 0 Å². The monoisotopic (exact) mass is 388 g/mol. The molecule has 0 aromatic heterocycles. The SMILES string of the molecule is Cc1cc(CCCCCC(C)(C)C)cc(CCCCCC(C)(C)OC=O)c1C. The Morgan fingerprint density at radius 1 is 0.821 bits per heavy atom. The van der Waals surface area contributed by atoms with Crippen LogP contribution in [-0.4, -0.2) is 12.1 Å². The first-order valence-electron chi connectivity index (χ1n) is 11.2. The highest BCUT2D eigenvalue weighted by molar-refractivity contribution is 5.38. The number of rotatable bonds is 13. The number of unbranched alkanes of at least 4 members (excludes halogenated alkanes) is 4. The smallest absolute Gasteiger partial charge is 0.293 e. The Labute approximate surface area is 174 Å². The molecule has 0 aliphatic heterocycles. The molecule has 0 fully saturated rings. The van der Waals surface area contributed by atoms with Crippen LogP contribution in [0.2, 0.25) is 0 Å². The van der Waals surface area contributed by atoms with Crippen LogP contribution in [0.4, 0.5) is 0 Å². The van der Waals surface area contributed by atoms with Gasteiger partial charge < -0.3 is 4.74 Å². The lowest BCUT2D eigenvalue weighted by Crippen LogP contribution is -2.23. The van der Waals surface area contributed by atoms with E-state index in [9.17, 15) is 4.79 Å². The molecule has 0 unspecified atom stereocenters. The van der Waals surface area contributed by atoms with Crippen LogP contribution in [0.25, 0.3) is 0 Å². The van der Waals surface area contributed by atoms with Crippen molar-refractivity contribution in [3.05, 3.63) is 34.4 Å². The summed E-state index contributed by atoms with van der Waals surface area (Å²) in [6.45, 7) is 16.1. The molecular formula is C26H44O2. The average molecular weight is 389 g/mol. The molecule has 0 heterocycles. The van der Waals surface area contributed by atoms with E-state index < -0.39 is 0 Å². The molecule has 0 aliphatic carbocycles. The van der Waals surface area contributed by atoms with E-state index in [0.29, 0.717) is 11.9 Å². The largest absolute Gasteiger partial charge is 0.462 e. The van der Waals surface area contributed by atoms with Crippen LogP contribution in [0.1, 0.15) is 108 Å². The van der Waals surface area contributed by atoms with E-state index in [1.54, 1.807) is 0 Å². The molecule has 0 spiro atoms. The second-order valence-electron chi connectivity index (χ2n) is 10.4. The van der Waals surface area contributed by atoms with Gasteiger partial charge in [0.15, 0.2) is 0 Å². The molecule has 1 aromatic carbocycles. The highest BCUT2D eigenvalue weighted by atomic mass is 16.5. The number of benzene rings is 1. The number of carbonyl (C=O) groups excluding carboxylic acids is 1. The van der Waals surface area contributed by atoms with Gasteiger partial charge >= 0.3 is 0 Å². The first-order valence-corrected chi connectivity index (χ1v) is 11.2. The lowest BCUT2D eigenvalue weighted by atomic mass is 9.89. The van der Waals surface area contributed by atoms with Gasteiger partial charge in [-0.3, -0.25) is 4.79 Å². The maximum absolute atomic E-state index is 10.5. The number of hydrogen-bond acceptors (Lipinski definition) is 2. The van der Waals surface area contributed by atoms with Crippen molar-refractivity contribution >= 4 is 6.47 Å². The molecule has 0 N–H and O–H groups in total. The first-order chi connectivity index (χ1) is 13.0. The summed E-state index contributed by atoms with van der Waals surface area (Å²) in [5.74, 6) is 0. The van der Waals surface area contributed by atoms with Crippen LogP contribution in [0.3, 0.4) is 0 Å². The van der Waals surface area contributed by atoms with Crippen molar-refractivity contribution < 1.29 is 9.53 Å². The van der Waals surface area contributed by atoms with Crippen molar-refractivity contribution in [2.24, 2.45) is 5.41 Å². The Balaban J connectivity index is 2.44. The molecule has 0 amide bonds. The summed E-state index contributed by atoms with van der Waals surface area (Å²) >= 11 is 0. The third-order valence-electron chi connectivity index (χ3n) is 5.82. The van der Waals surface area contributed by atoms with Crippen LogP contribution < -0.4 is 0 Å². The predicted octanol–water partition coefficient (Wildman–Crippen LogP) is 7.51. The quantitative estimate of drug-likeness (QED) is 0.258. The van der Waals surface area contributed by atoms with Crippen LogP contribution in [-0.2, 0) is 22.4 Å². The lowest BCUT2D eigenvalue weighted by Gasteiger charge is -2.22. The van der Waals surface area contributed by atoms with Gasteiger partial charge in [-0.2, -0.15) is 0 Å². The van der Waals surface area contributed by atoms with E-state index in [2.05, 4.69) is 46.8 Å². The maximum Gasteiger partial charge on any atom is 0.293 e. The highest BCUT2D eigenvalue weighted by Gasteiger charge is 2.17. The maximum atomic E-state index is 10.5. The summed E-state index contributed by atoms with van der Waals surface area (Å²) in [7, 11) is 0. The molecule has 0 bridgehead atoms. The van der Waals surface area contributed by atoms with Gasteiger partial charge in [-0.25, -0.2) is 0 Å². The fourth-order valence-electron chi connectivity index (χ4n) is 3.81. The molecule has 2 nitrogen and oxygen atoms in total. The van der Waals surface area contributed by atoms with Crippen molar-refractivity contribution in [3.8, 4) is 0 Å². The summed E-state index contributed by atoms with van der Waals surface area (Å²) in [6, 6.07) is 4.84. The molecule has 1 aromatic rings. The van der Waals surface area contributed by atoms with Gasteiger partial charge in [-0.1, -0.05) is 52.2 Å². The minimum atomic E-state index is -0.332. The lowest BCUT2D eigenvalue weighted by molar-refractivity contribution is -0.140. The van der Waals surface area contributed by atoms with Gasteiger partial charge in [0.1, 0.15) is 5.60 Å². The van der Waals surface area contributed by atoms with E-state index in [4.69, 9.17) is 4.74 Å². The van der Waals surface area contributed by atoms with Crippen molar-refractivity contribution in [2.45, 2.75) is 118 Å². The fraction of sp³-hybridized carbons (Fsp3) is 0.731. The summed E-state index contributed by atoms with van der Waals surface area (Å²) in [5.41, 5.74) is 6.05. The zero-order valence-electron chi connectivity index (χ0n) is 19.6. The normalized spacial score (nSPS) is 12.2. The molecule has 28 heavy (non-hydrogen) atoms. The van der Waals surface area contributed by atoms with Crippen LogP contribution in [0.15, 0.2) is 12.1 Å². The topological polar surface area (TPSA) is 26.3 Å². The Kier molecular flexibility index (Phi) is 10.3. The molecule has 160 valence electrons. The third kappa shape index (κ3) is 10.3. The highest BCUT2D eigenvalue weighted by Crippen LogP contribution is 2.24. The molecule has 0 saturated heterocycles. The molecule has 0 saturated carbocycles. The van der Waals surface area contributed by atoms with E-state index in [1.165, 1.54) is 67.2 Å². The molecule has 0 radical (unpaired) electrons. The molecule has 1 rings (SSSR count). The van der Waals surface area contributed by atoms with Crippen LogP contribution in [0, 0.1) is 19.3 Å². The minimum Gasteiger partial charge on any atom is -0.462 e. The van der Waals surface area contributed by atoms with Crippen molar-refractivity contribution in [1.29, 1.82) is 0 Å². The molecular weight excluding hydrogens is 344 g/mol. The summed E-state index contributed by atoms with van der Waals surface area (Å²) in [4.78, 5) is 10.5. The zero-order chi connectivity index (χ0) is 21.2. The second-order valence-corrected chi connectivity index (χ2v) is 10.4. The second kappa shape index (κ2) is 11.6. The Morgan fingerprint density at radius 2 is 1.43 bits per heavy atom. The zero-order valence-corrected chi connectivity index (χ0v) is 19.6. The average Bonchev–Trinajstić information content (AvgIpc) is 2.57. The third-order valence-corrected chi connectivity index (χ3v) is 5.82. The Bertz CT molecular complexity index is 593. The van der Waals surface area contributed by atoms with Gasteiger partial charge in [-0.05, 0) is 100 Å². The predicted molar refractivity (Wildman–Crippen MR) is 121 cm³/mol. The Morgan fingerprint density at radius 3 is 2.04 bits per heavy atom. The summed E-state index contributed by atoms with van der Waals surface area (Å²) in [5, 5.41) is 0. The van der Waals surface area contributed by atoms with Crippen LogP contribution >= 0.6 is 0 Å². The van der Waals surface area contributed by atoms with E-state index in [1.807, 2.05) is 13.8 Å². The first kappa shape index (κ1) is 24.7. The molecule has 0 atom stereocenters. The molecule has 0 aliphatic rings. The summed E-state index contributed by atoms with van der Waals surface area (Å²) in [6.07, 6.45) is 12.1. The van der Waals surface area contributed by atoms with Gasteiger partial charge in [0.2, 0.25) is 0 Å². The Hall–Kier alpha value is -1.31. The number of carbonyl (C=O) groups is 1. The molecule has 2 heteroatoms. The van der Waals surface area contributed by atoms with Gasteiger partial charge in [-0.15, -0.1) is 0 Å². The van der Waals surface area contributed by atoms with Crippen molar-refractivity contribution in [1.82, 2.24) is 0 Å². The van der Waals surface area contributed by atoms with E-state index in [0.717, 1.165) is 19.3 Å². The van der Waals surface area contributed by atoms with Gasteiger partial charge in [0, 0.05) is 0 Å². The standard InChI is InChI=1S/C26H44O2/c1-21-18-23(14-10-8-12-16-25(3,4)5)19-24(22(21)2)15-11-9-13-17-26(6,7)28-20-27/h18-20H,8-17H2,1-7H3. The number of aryl methyl sites for hydroxylation is 3. The fourth-order valence-corrected chi connectivity index (χ4v) is 3.81. The number of ether oxygens (including phenoxy) is 1. The number of hydrogen-bond donors (Lipinski definition) is 0. The van der Waals surface area contributed by atoms with E-state index in [-0.39, 0.29) is 5.60 Å².